The first kappa shape index (κ1) is 19.3. The molecular weight excluding hydrogens is 352 g/mol. The molecule has 3 rings (SSSR count). The summed E-state index contributed by atoms with van der Waals surface area (Å²) in [6.07, 6.45) is 3.87. The van der Waals surface area contributed by atoms with Gasteiger partial charge in [0, 0.05) is 31.7 Å². The molecule has 26 heavy (non-hydrogen) atoms. The Labute approximate surface area is 156 Å². The largest absolute Gasteiger partial charge is 0.372 e. The number of nitrogens with zero attached hydrogens (tertiary/aromatic N) is 2. The quantitative estimate of drug-likeness (QED) is 0.808. The number of hydrogen-bond acceptors (Lipinski definition) is 4. The van der Waals surface area contributed by atoms with E-state index in [9.17, 15) is 13.2 Å². The van der Waals surface area contributed by atoms with Gasteiger partial charge in [0.1, 0.15) is 0 Å². The van der Waals surface area contributed by atoms with Crippen LogP contribution in [0.15, 0.2) is 29.2 Å². The zero-order valence-electron chi connectivity index (χ0n) is 15.6. The third kappa shape index (κ3) is 4.27. The van der Waals surface area contributed by atoms with Gasteiger partial charge in [-0.3, -0.25) is 4.79 Å². The van der Waals surface area contributed by atoms with Gasteiger partial charge >= 0.3 is 0 Å². The van der Waals surface area contributed by atoms with E-state index in [-0.39, 0.29) is 23.0 Å². The smallest absolute Gasteiger partial charge is 0.254 e. The summed E-state index contributed by atoms with van der Waals surface area (Å²) >= 11 is 0. The third-order valence-electron chi connectivity index (χ3n) is 4.99. The molecule has 1 aromatic carbocycles. The number of carbonyl (C=O) groups is 1. The van der Waals surface area contributed by atoms with Crippen molar-refractivity contribution < 1.29 is 17.9 Å². The Morgan fingerprint density at radius 3 is 2.27 bits per heavy atom. The van der Waals surface area contributed by atoms with Gasteiger partial charge in [-0.05, 0) is 44.9 Å². The molecule has 1 amide bonds. The topological polar surface area (TPSA) is 66.9 Å². The Hall–Kier alpha value is -1.44. The average Bonchev–Trinajstić information content (AvgIpc) is 2.90. The number of rotatable bonds is 3. The Kier molecular flexibility index (Phi) is 5.99. The van der Waals surface area contributed by atoms with Crippen LogP contribution < -0.4 is 0 Å². The van der Waals surface area contributed by atoms with Crippen molar-refractivity contribution in [2.24, 2.45) is 0 Å². The lowest BCUT2D eigenvalue weighted by molar-refractivity contribution is -0.0586. The van der Waals surface area contributed by atoms with Gasteiger partial charge in [0.05, 0.1) is 17.1 Å². The minimum Gasteiger partial charge on any atom is -0.372 e. The molecule has 2 aliphatic rings. The lowest BCUT2D eigenvalue weighted by Crippen LogP contribution is -2.48. The molecule has 0 bridgehead atoms. The van der Waals surface area contributed by atoms with Crippen LogP contribution in [0.3, 0.4) is 0 Å². The summed E-state index contributed by atoms with van der Waals surface area (Å²) in [6, 6.07) is 6.45. The molecule has 2 unspecified atom stereocenters. The normalized spacial score (nSPS) is 25.7. The van der Waals surface area contributed by atoms with Gasteiger partial charge in [-0.25, -0.2) is 8.42 Å². The van der Waals surface area contributed by atoms with Gasteiger partial charge in [0.2, 0.25) is 10.0 Å². The second kappa shape index (κ2) is 8.06. The number of benzene rings is 1. The molecule has 2 atom stereocenters. The number of carbonyl (C=O) groups excluding carboxylic acids is 1. The lowest BCUT2D eigenvalue weighted by Gasteiger charge is -2.35. The average molecular weight is 381 g/mol. The van der Waals surface area contributed by atoms with Crippen LogP contribution in [0, 0.1) is 0 Å². The second-order valence-electron chi connectivity index (χ2n) is 7.31. The molecule has 0 saturated carbocycles. The van der Waals surface area contributed by atoms with Gasteiger partial charge in [-0.2, -0.15) is 4.31 Å². The van der Waals surface area contributed by atoms with Crippen molar-refractivity contribution >= 4 is 15.9 Å². The van der Waals surface area contributed by atoms with E-state index in [1.165, 1.54) is 6.07 Å². The highest BCUT2D eigenvalue weighted by Gasteiger charge is 2.29. The standard InChI is InChI=1S/C19H28N2O4S/c1-15-13-20(14-16(2)25-15)19(22)17-8-7-9-18(12-17)26(23,24)21-10-5-3-4-6-11-21/h7-9,12,15-16H,3-6,10-11,13-14H2,1-2H3. The fourth-order valence-corrected chi connectivity index (χ4v) is 5.31. The lowest BCUT2D eigenvalue weighted by atomic mass is 10.1. The summed E-state index contributed by atoms with van der Waals surface area (Å²) in [7, 11) is -3.56. The van der Waals surface area contributed by atoms with Crippen molar-refractivity contribution in [3.8, 4) is 0 Å². The van der Waals surface area contributed by atoms with Crippen LogP contribution in [0.1, 0.15) is 49.9 Å². The number of ether oxygens (including phenoxy) is 1. The Morgan fingerprint density at radius 1 is 1.04 bits per heavy atom. The van der Waals surface area contributed by atoms with E-state index in [0.717, 1.165) is 25.7 Å². The monoisotopic (exact) mass is 380 g/mol. The highest BCUT2D eigenvalue weighted by atomic mass is 32.2. The molecule has 6 nitrogen and oxygen atoms in total. The molecule has 2 aliphatic heterocycles. The van der Waals surface area contributed by atoms with E-state index in [1.807, 2.05) is 13.8 Å². The summed E-state index contributed by atoms with van der Waals surface area (Å²) in [5.41, 5.74) is 0.419. The number of sulfonamides is 1. The van der Waals surface area contributed by atoms with Crippen molar-refractivity contribution in [3.05, 3.63) is 29.8 Å². The van der Waals surface area contributed by atoms with Crippen LogP contribution in [-0.2, 0) is 14.8 Å². The molecule has 144 valence electrons. The van der Waals surface area contributed by atoms with Crippen molar-refractivity contribution in [3.63, 3.8) is 0 Å². The molecule has 1 aromatic rings. The SMILES string of the molecule is CC1CN(C(=O)c2cccc(S(=O)(=O)N3CCCCCC3)c2)CC(C)O1. The van der Waals surface area contributed by atoms with Gasteiger partial charge in [-0.1, -0.05) is 18.9 Å². The fourth-order valence-electron chi connectivity index (χ4n) is 3.75. The predicted molar refractivity (Wildman–Crippen MR) is 99.6 cm³/mol. The van der Waals surface area contributed by atoms with Gasteiger partial charge in [-0.15, -0.1) is 0 Å². The van der Waals surface area contributed by atoms with Crippen LogP contribution in [0.25, 0.3) is 0 Å². The van der Waals surface area contributed by atoms with E-state index < -0.39 is 10.0 Å². The van der Waals surface area contributed by atoms with Crippen LogP contribution in [-0.4, -0.2) is 61.9 Å². The maximum Gasteiger partial charge on any atom is 0.254 e. The molecule has 0 radical (unpaired) electrons. The first-order chi connectivity index (χ1) is 12.4. The van der Waals surface area contributed by atoms with Gasteiger partial charge in [0.25, 0.3) is 5.91 Å². The Morgan fingerprint density at radius 2 is 1.65 bits per heavy atom. The Bertz CT molecular complexity index is 732. The van der Waals surface area contributed by atoms with Crippen LogP contribution in [0.4, 0.5) is 0 Å². The molecule has 7 heteroatoms. The van der Waals surface area contributed by atoms with Crippen LogP contribution in [0.2, 0.25) is 0 Å². The summed E-state index contributed by atoms with van der Waals surface area (Å²) in [5, 5.41) is 0. The zero-order chi connectivity index (χ0) is 18.7. The fraction of sp³-hybridized carbons (Fsp3) is 0.632. The van der Waals surface area contributed by atoms with Crippen molar-refractivity contribution in [1.29, 1.82) is 0 Å². The Balaban J connectivity index is 1.82. The van der Waals surface area contributed by atoms with Crippen LogP contribution in [0.5, 0.6) is 0 Å². The second-order valence-corrected chi connectivity index (χ2v) is 9.25. The molecule has 2 saturated heterocycles. The molecule has 0 aliphatic carbocycles. The van der Waals surface area contributed by atoms with Crippen LogP contribution >= 0.6 is 0 Å². The molecule has 2 fully saturated rings. The maximum absolute atomic E-state index is 13.0. The van der Waals surface area contributed by atoms with E-state index >= 15 is 0 Å². The first-order valence-electron chi connectivity index (χ1n) is 9.43. The van der Waals surface area contributed by atoms with Crippen molar-refractivity contribution in [2.45, 2.75) is 56.6 Å². The summed E-state index contributed by atoms with van der Waals surface area (Å²) in [5.74, 6) is -0.139. The molecule has 0 spiro atoms. The van der Waals surface area contributed by atoms with E-state index in [4.69, 9.17) is 4.74 Å². The number of amides is 1. The molecule has 2 heterocycles. The van der Waals surface area contributed by atoms with Gasteiger partial charge < -0.3 is 9.64 Å². The molecule has 0 aromatic heterocycles. The maximum atomic E-state index is 13.0. The van der Waals surface area contributed by atoms with E-state index in [2.05, 4.69) is 0 Å². The molecule has 0 N–H and O–H groups in total. The summed E-state index contributed by atoms with van der Waals surface area (Å²) in [6.45, 7) is 6.03. The number of morpholine rings is 1. The summed E-state index contributed by atoms with van der Waals surface area (Å²) < 4.78 is 33.2. The first-order valence-corrected chi connectivity index (χ1v) is 10.9. The zero-order valence-corrected chi connectivity index (χ0v) is 16.4. The minimum atomic E-state index is -3.56. The van der Waals surface area contributed by atoms with Crippen molar-refractivity contribution in [1.82, 2.24) is 9.21 Å². The molecular formula is C19H28N2O4S. The predicted octanol–water partition coefficient (Wildman–Crippen LogP) is 2.50. The number of hydrogen-bond donors (Lipinski definition) is 0. The highest BCUT2D eigenvalue weighted by molar-refractivity contribution is 7.89. The minimum absolute atomic E-state index is 0.0216. The summed E-state index contributed by atoms with van der Waals surface area (Å²) in [4.78, 5) is 14.8. The highest BCUT2D eigenvalue weighted by Crippen LogP contribution is 2.22. The van der Waals surface area contributed by atoms with Gasteiger partial charge in [0.15, 0.2) is 0 Å². The van der Waals surface area contributed by atoms with Crippen molar-refractivity contribution in [2.75, 3.05) is 26.2 Å². The van der Waals surface area contributed by atoms with E-state index in [0.29, 0.717) is 31.7 Å². The third-order valence-corrected chi connectivity index (χ3v) is 6.89. The van der Waals surface area contributed by atoms with E-state index in [1.54, 1.807) is 27.4 Å².